The van der Waals surface area contributed by atoms with E-state index >= 15 is 0 Å². The second-order valence-corrected chi connectivity index (χ2v) is 4.42. The molecular weight excluding hydrogens is 233 g/mol. The van der Waals surface area contributed by atoms with Gasteiger partial charge >= 0.3 is 0 Å². The smallest absolute Gasteiger partial charge is 0.164 e. The van der Waals surface area contributed by atoms with Gasteiger partial charge in [0.25, 0.3) is 0 Å². The number of nitrogens with zero attached hydrogens (tertiary/aromatic N) is 1. The lowest BCUT2D eigenvalue weighted by Crippen LogP contribution is -2.37. The van der Waals surface area contributed by atoms with Gasteiger partial charge in [-0.25, -0.2) is 4.39 Å². The quantitative estimate of drug-likeness (QED) is 0.750. The van der Waals surface area contributed by atoms with Gasteiger partial charge in [-0.05, 0) is 5.56 Å². The molecule has 0 saturated carbocycles. The Hall–Kier alpha value is -1.26. The minimum Gasteiger partial charge on any atom is -0.379 e. The molecule has 3 nitrogen and oxygen atoms in total. The predicted molar refractivity (Wildman–Crippen MR) is 67.5 cm³/mol. The zero-order valence-corrected chi connectivity index (χ0v) is 10.4. The molecule has 0 aliphatic carbocycles. The molecule has 0 aromatic heterocycles. The van der Waals surface area contributed by atoms with Gasteiger partial charge in [0, 0.05) is 31.6 Å². The van der Waals surface area contributed by atoms with Gasteiger partial charge in [-0.1, -0.05) is 24.3 Å². The van der Waals surface area contributed by atoms with E-state index in [4.69, 9.17) is 4.74 Å². The molecule has 0 unspecified atom stereocenters. The average molecular weight is 251 g/mol. The molecule has 0 spiro atoms. The number of carbonyl (C=O) groups is 1. The number of ketones is 1. The lowest BCUT2D eigenvalue weighted by atomic mass is 10.0. The zero-order chi connectivity index (χ0) is 12.8. The van der Waals surface area contributed by atoms with Crippen molar-refractivity contribution >= 4 is 5.78 Å². The summed E-state index contributed by atoms with van der Waals surface area (Å²) in [6.07, 6.45) is 0.441. The molecule has 18 heavy (non-hydrogen) atoms. The van der Waals surface area contributed by atoms with E-state index in [1.807, 2.05) is 0 Å². The third kappa shape index (κ3) is 3.37. The van der Waals surface area contributed by atoms with E-state index in [1.54, 1.807) is 24.3 Å². The number of ether oxygens (including phenoxy) is 1. The van der Waals surface area contributed by atoms with E-state index < -0.39 is 6.67 Å². The summed E-state index contributed by atoms with van der Waals surface area (Å²) in [6.45, 7) is 3.35. The molecule has 1 saturated heterocycles. The van der Waals surface area contributed by atoms with E-state index in [-0.39, 0.29) is 5.78 Å². The van der Waals surface area contributed by atoms with Gasteiger partial charge in [0.2, 0.25) is 0 Å². The summed E-state index contributed by atoms with van der Waals surface area (Å²) in [6, 6.07) is 6.91. The van der Waals surface area contributed by atoms with E-state index in [0.29, 0.717) is 17.5 Å². The van der Waals surface area contributed by atoms with Crippen LogP contribution in [0.25, 0.3) is 0 Å². The maximum absolute atomic E-state index is 12.8. The van der Waals surface area contributed by atoms with Crippen LogP contribution in [0, 0.1) is 0 Å². The van der Waals surface area contributed by atoms with E-state index in [9.17, 15) is 9.18 Å². The summed E-state index contributed by atoms with van der Waals surface area (Å²) < 4.78 is 18.0. The van der Waals surface area contributed by atoms with Crippen LogP contribution in [0.4, 0.5) is 4.39 Å². The standard InChI is InChI=1S/C14H18FNO2/c15-11-12-3-1-2-4-13(12)14(17)5-6-16-7-9-18-10-8-16/h1-4H,5-11H2. The van der Waals surface area contributed by atoms with E-state index in [0.717, 1.165) is 32.8 Å². The second-order valence-electron chi connectivity index (χ2n) is 4.42. The first-order chi connectivity index (χ1) is 8.81. The van der Waals surface area contributed by atoms with Crippen molar-refractivity contribution in [3.8, 4) is 0 Å². The Morgan fingerprint density at radius 1 is 1.28 bits per heavy atom. The van der Waals surface area contributed by atoms with Crippen LogP contribution in [0.2, 0.25) is 0 Å². The van der Waals surface area contributed by atoms with Crippen molar-refractivity contribution in [2.24, 2.45) is 0 Å². The molecule has 2 rings (SSSR count). The van der Waals surface area contributed by atoms with Gasteiger partial charge in [-0.15, -0.1) is 0 Å². The molecule has 98 valence electrons. The fourth-order valence-electron chi connectivity index (χ4n) is 2.13. The Balaban J connectivity index is 1.90. The highest BCUT2D eigenvalue weighted by Gasteiger charge is 2.14. The average Bonchev–Trinajstić information content (AvgIpc) is 2.45. The van der Waals surface area contributed by atoms with Gasteiger partial charge in [0.15, 0.2) is 5.78 Å². The molecule has 1 fully saturated rings. The van der Waals surface area contributed by atoms with Crippen LogP contribution in [-0.2, 0) is 11.4 Å². The first-order valence-electron chi connectivity index (χ1n) is 6.28. The number of benzene rings is 1. The Kier molecular flexibility index (Phi) is 4.84. The monoisotopic (exact) mass is 251 g/mol. The maximum Gasteiger partial charge on any atom is 0.164 e. The molecule has 0 atom stereocenters. The number of Topliss-reactive ketones (excluding diaryl/α,β-unsaturated/α-hetero) is 1. The largest absolute Gasteiger partial charge is 0.379 e. The lowest BCUT2D eigenvalue weighted by Gasteiger charge is -2.26. The lowest BCUT2D eigenvalue weighted by molar-refractivity contribution is 0.0370. The fraction of sp³-hybridized carbons (Fsp3) is 0.500. The van der Waals surface area contributed by atoms with Gasteiger partial charge in [-0.2, -0.15) is 0 Å². The van der Waals surface area contributed by atoms with Crippen molar-refractivity contribution in [3.63, 3.8) is 0 Å². The fourth-order valence-corrected chi connectivity index (χ4v) is 2.13. The van der Waals surface area contributed by atoms with Crippen molar-refractivity contribution in [1.29, 1.82) is 0 Å². The molecule has 1 aromatic rings. The highest BCUT2D eigenvalue weighted by atomic mass is 19.1. The molecule has 0 bridgehead atoms. The topological polar surface area (TPSA) is 29.5 Å². The van der Waals surface area contributed by atoms with Crippen LogP contribution >= 0.6 is 0 Å². The molecule has 1 aliphatic rings. The predicted octanol–water partition coefficient (Wildman–Crippen LogP) is 2.06. The number of halogens is 1. The minimum absolute atomic E-state index is 0.0229. The maximum atomic E-state index is 12.8. The van der Waals surface area contributed by atoms with Crippen molar-refractivity contribution in [1.82, 2.24) is 4.90 Å². The molecule has 0 N–H and O–H groups in total. The van der Waals surface area contributed by atoms with Crippen molar-refractivity contribution in [2.45, 2.75) is 13.1 Å². The zero-order valence-electron chi connectivity index (χ0n) is 10.4. The molecule has 1 heterocycles. The number of alkyl halides is 1. The number of morpholine rings is 1. The molecule has 0 amide bonds. The number of hydrogen-bond donors (Lipinski definition) is 0. The van der Waals surface area contributed by atoms with Crippen LogP contribution in [0.5, 0.6) is 0 Å². The highest BCUT2D eigenvalue weighted by Crippen LogP contribution is 2.13. The summed E-state index contributed by atoms with van der Waals surface area (Å²) in [4.78, 5) is 14.3. The van der Waals surface area contributed by atoms with E-state index in [2.05, 4.69) is 4.90 Å². The normalized spacial score (nSPS) is 16.7. The van der Waals surface area contributed by atoms with Gasteiger partial charge in [0.05, 0.1) is 13.2 Å². The molecule has 0 radical (unpaired) electrons. The number of hydrogen-bond acceptors (Lipinski definition) is 3. The Morgan fingerprint density at radius 2 is 2.00 bits per heavy atom. The second kappa shape index (κ2) is 6.61. The van der Waals surface area contributed by atoms with Crippen molar-refractivity contribution in [2.75, 3.05) is 32.8 Å². The van der Waals surface area contributed by atoms with Gasteiger partial charge in [0.1, 0.15) is 6.67 Å². The third-order valence-electron chi connectivity index (χ3n) is 3.22. The highest BCUT2D eigenvalue weighted by molar-refractivity contribution is 5.97. The number of rotatable bonds is 5. The van der Waals surface area contributed by atoms with Crippen LogP contribution in [0.15, 0.2) is 24.3 Å². The van der Waals surface area contributed by atoms with E-state index in [1.165, 1.54) is 0 Å². The Bertz CT molecular complexity index is 403. The summed E-state index contributed by atoms with van der Waals surface area (Å²) >= 11 is 0. The summed E-state index contributed by atoms with van der Waals surface area (Å²) in [5.74, 6) is 0.0229. The summed E-state index contributed by atoms with van der Waals surface area (Å²) in [7, 11) is 0. The van der Waals surface area contributed by atoms with Crippen LogP contribution in [0.3, 0.4) is 0 Å². The molecule has 4 heteroatoms. The minimum atomic E-state index is -0.584. The third-order valence-corrected chi connectivity index (χ3v) is 3.22. The van der Waals surface area contributed by atoms with Crippen molar-refractivity contribution < 1.29 is 13.9 Å². The first kappa shape index (κ1) is 13.2. The SMILES string of the molecule is O=C(CCN1CCOCC1)c1ccccc1CF. The summed E-state index contributed by atoms with van der Waals surface area (Å²) in [5, 5.41) is 0. The van der Waals surface area contributed by atoms with Crippen LogP contribution in [-0.4, -0.2) is 43.5 Å². The molecule has 1 aliphatic heterocycles. The number of carbonyl (C=O) groups excluding carboxylic acids is 1. The van der Waals surface area contributed by atoms with Gasteiger partial charge < -0.3 is 4.74 Å². The molecular formula is C14H18FNO2. The first-order valence-corrected chi connectivity index (χ1v) is 6.28. The summed E-state index contributed by atoms with van der Waals surface area (Å²) in [5.41, 5.74) is 1.01. The van der Waals surface area contributed by atoms with Crippen molar-refractivity contribution in [3.05, 3.63) is 35.4 Å². The Labute approximate surface area is 107 Å². The molecule has 1 aromatic carbocycles. The van der Waals surface area contributed by atoms with Gasteiger partial charge in [-0.3, -0.25) is 9.69 Å². The van der Waals surface area contributed by atoms with Crippen LogP contribution in [0.1, 0.15) is 22.3 Å². The van der Waals surface area contributed by atoms with Crippen LogP contribution < -0.4 is 0 Å². The Morgan fingerprint density at radius 3 is 2.72 bits per heavy atom.